The normalized spacial score (nSPS) is 32.2. The predicted molar refractivity (Wildman–Crippen MR) is 66.7 cm³/mol. The van der Waals surface area contributed by atoms with Crippen LogP contribution in [0.4, 0.5) is 0 Å². The minimum atomic E-state index is 0.386. The zero-order valence-corrected chi connectivity index (χ0v) is 10.8. The Morgan fingerprint density at radius 1 is 1.35 bits per heavy atom. The number of ether oxygens (including phenoxy) is 1. The van der Waals surface area contributed by atoms with E-state index in [-0.39, 0.29) is 0 Å². The quantitative estimate of drug-likeness (QED) is 0.736. The Balaban J connectivity index is 1.92. The van der Waals surface area contributed by atoms with Crippen molar-refractivity contribution in [3.8, 4) is 6.07 Å². The molecular formula is C13H23N3O. The minimum Gasteiger partial charge on any atom is -0.377 e. The maximum atomic E-state index is 8.95. The lowest BCUT2D eigenvalue weighted by atomic mass is 10.1. The van der Waals surface area contributed by atoms with Crippen LogP contribution < -0.4 is 0 Å². The van der Waals surface area contributed by atoms with Gasteiger partial charge in [-0.3, -0.25) is 4.90 Å². The summed E-state index contributed by atoms with van der Waals surface area (Å²) in [4.78, 5) is 4.82. The van der Waals surface area contributed by atoms with Gasteiger partial charge in [0.2, 0.25) is 0 Å². The Bertz CT molecular complexity index is 270. The Hall–Kier alpha value is -0.630. The van der Waals surface area contributed by atoms with Crippen molar-refractivity contribution in [3.63, 3.8) is 0 Å². The fourth-order valence-electron chi connectivity index (χ4n) is 2.88. The molecule has 2 saturated heterocycles. The lowest BCUT2D eigenvalue weighted by Gasteiger charge is -2.31. The molecule has 2 atom stereocenters. The van der Waals surface area contributed by atoms with Crippen LogP contribution in [0.15, 0.2) is 0 Å². The first-order valence-electron chi connectivity index (χ1n) is 6.70. The fraction of sp³-hybridized carbons (Fsp3) is 0.923. The lowest BCUT2D eigenvalue weighted by molar-refractivity contribution is 0.0582. The highest BCUT2D eigenvalue weighted by atomic mass is 16.5. The van der Waals surface area contributed by atoms with Crippen molar-refractivity contribution in [2.75, 3.05) is 39.8 Å². The van der Waals surface area contributed by atoms with Crippen molar-refractivity contribution in [1.29, 1.82) is 5.26 Å². The molecule has 0 aromatic carbocycles. The zero-order chi connectivity index (χ0) is 12.1. The molecule has 0 bridgehead atoms. The molecule has 0 aliphatic carbocycles. The van der Waals surface area contributed by atoms with Crippen LogP contribution in [0.2, 0.25) is 0 Å². The van der Waals surface area contributed by atoms with E-state index in [1.807, 2.05) is 0 Å². The second-order valence-corrected chi connectivity index (χ2v) is 5.26. The molecule has 0 aromatic heterocycles. The second kappa shape index (κ2) is 6.34. The van der Waals surface area contributed by atoms with E-state index in [0.717, 1.165) is 32.8 Å². The van der Waals surface area contributed by atoms with Gasteiger partial charge >= 0.3 is 0 Å². The van der Waals surface area contributed by atoms with Crippen LogP contribution in [0.25, 0.3) is 0 Å². The number of hydrogen-bond donors (Lipinski definition) is 0. The Morgan fingerprint density at radius 3 is 2.94 bits per heavy atom. The maximum absolute atomic E-state index is 8.95. The predicted octanol–water partition coefficient (Wildman–Crippen LogP) is 1.09. The molecule has 96 valence electrons. The number of nitriles is 1. The molecular weight excluding hydrogens is 214 g/mol. The summed E-state index contributed by atoms with van der Waals surface area (Å²) < 4.78 is 5.71. The van der Waals surface area contributed by atoms with Gasteiger partial charge in [0, 0.05) is 25.7 Å². The first-order chi connectivity index (χ1) is 8.29. The summed E-state index contributed by atoms with van der Waals surface area (Å²) in [6.07, 6.45) is 4.62. The monoisotopic (exact) mass is 237 g/mol. The summed E-state index contributed by atoms with van der Waals surface area (Å²) in [7, 11) is 2.15. The average molecular weight is 237 g/mol. The van der Waals surface area contributed by atoms with E-state index in [1.54, 1.807) is 0 Å². The Labute approximate surface area is 104 Å². The highest BCUT2D eigenvalue weighted by molar-refractivity contribution is 4.88. The smallest absolute Gasteiger partial charge is 0.0702 e. The molecule has 0 amide bonds. The Kier molecular flexibility index (Phi) is 4.78. The molecule has 2 fully saturated rings. The zero-order valence-electron chi connectivity index (χ0n) is 10.8. The van der Waals surface area contributed by atoms with Gasteiger partial charge in [0.05, 0.1) is 18.6 Å². The van der Waals surface area contributed by atoms with Gasteiger partial charge in [-0.1, -0.05) is 0 Å². The minimum absolute atomic E-state index is 0.386. The van der Waals surface area contributed by atoms with E-state index in [2.05, 4.69) is 22.9 Å². The lowest BCUT2D eigenvalue weighted by Crippen LogP contribution is -2.43. The third-order valence-electron chi connectivity index (χ3n) is 3.81. The third kappa shape index (κ3) is 3.67. The highest BCUT2D eigenvalue weighted by Gasteiger charge is 2.27. The third-order valence-corrected chi connectivity index (χ3v) is 3.81. The molecule has 2 unspecified atom stereocenters. The van der Waals surface area contributed by atoms with E-state index in [0.29, 0.717) is 18.6 Å². The number of hydrogen-bond acceptors (Lipinski definition) is 4. The molecule has 2 rings (SSSR count). The number of likely N-dealkylation sites (N-methyl/N-ethyl adjacent to an activating group) is 1. The van der Waals surface area contributed by atoms with Crippen LogP contribution in [0.1, 0.15) is 25.7 Å². The van der Waals surface area contributed by atoms with Crippen molar-refractivity contribution >= 4 is 0 Å². The van der Waals surface area contributed by atoms with E-state index in [1.165, 1.54) is 19.3 Å². The van der Waals surface area contributed by atoms with Crippen LogP contribution >= 0.6 is 0 Å². The molecule has 0 saturated carbocycles. The van der Waals surface area contributed by atoms with E-state index < -0.39 is 0 Å². The Morgan fingerprint density at radius 2 is 2.24 bits per heavy atom. The van der Waals surface area contributed by atoms with E-state index >= 15 is 0 Å². The summed E-state index contributed by atoms with van der Waals surface area (Å²) >= 11 is 0. The van der Waals surface area contributed by atoms with Crippen LogP contribution in [-0.2, 0) is 4.74 Å². The molecule has 4 nitrogen and oxygen atoms in total. The molecule has 0 N–H and O–H groups in total. The molecule has 2 aliphatic heterocycles. The van der Waals surface area contributed by atoms with Gasteiger partial charge < -0.3 is 9.64 Å². The molecule has 17 heavy (non-hydrogen) atoms. The summed E-state index contributed by atoms with van der Waals surface area (Å²) in [5.74, 6) is 0. The van der Waals surface area contributed by atoms with Gasteiger partial charge in [0.15, 0.2) is 0 Å². The van der Waals surface area contributed by atoms with Crippen LogP contribution in [-0.4, -0.2) is 61.8 Å². The first-order valence-corrected chi connectivity index (χ1v) is 6.70. The molecule has 2 aliphatic rings. The van der Waals surface area contributed by atoms with Crippen molar-refractivity contribution in [3.05, 3.63) is 0 Å². The SMILES string of the molecule is CN1CCCN(CC2CCCO2)C(CC#N)C1. The van der Waals surface area contributed by atoms with Gasteiger partial charge in [0.25, 0.3) is 0 Å². The first kappa shape index (κ1) is 12.8. The fourth-order valence-corrected chi connectivity index (χ4v) is 2.88. The second-order valence-electron chi connectivity index (χ2n) is 5.26. The topological polar surface area (TPSA) is 39.5 Å². The standard InChI is InChI=1S/C13H23N3O/c1-15-7-3-8-16(12(10-15)5-6-14)11-13-4-2-9-17-13/h12-13H,2-5,7-11H2,1H3. The van der Waals surface area contributed by atoms with Gasteiger partial charge in [-0.05, 0) is 39.4 Å². The largest absolute Gasteiger partial charge is 0.377 e. The number of rotatable bonds is 3. The van der Waals surface area contributed by atoms with Crippen molar-refractivity contribution in [2.45, 2.75) is 37.8 Å². The average Bonchev–Trinajstić information content (AvgIpc) is 2.74. The van der Waals surface area contributed by atoms with Crippen LogP contribution in [0.3, 0.4) is 0 Å². The summed E-state index contributed by atoms with van der Waals surface area (Å²) in [6, 6.07) is 2.72. The molecule has 2 heterocycles. The van der Waals surface area contributed by atoms with Crippen LogP contribution in [0, 0.1) is 11.3 Å². The maximum Gasteiger partial charge on any atom is 0.0702 e. The van der Waals surface area contributed by atoms with Gasteiger partial charge in [0.1, 0.15) is 0 Å². The molecule has 0 aromatic rings. The van der Waals surface area contributed by atoms with Gasteiger partial charge in [-0.2, -0.15) is 5.26 Å². The van der Waals surface area contributed by atoms with Gasteiger partial charge in [-0.15, -0.1) is 0 Å². The summed E-state index contributed by atoms with van der Waals surface area (Å²) in [5, 5.41) is 8.95. The number of nitrogens with zero attached hydrogens (tertiary/aromatic N) is 3. The molecule has 0 radical (unpaired) electrons. The molecule has 4 heteroatoms. The summed E-state index contributed by atoms with van der Waals surface area (Å²) in [5.41, 5.74) is 0. The van der Waals surface area contributed by atoms with Crippen molar-refractivity contribution < 1.29 is 4.74 Å². The molecule has 0 spiro atoms. The highest BCUT2D eigenvalue weighted by Crippen LogP contribution is 2.18. The van der Waals surface area contributed by atoms with E-state index in [9.17, 15) is 0 Å². The van der Waals surface area contributed by atoms with Crippen molar-refractivity contribution in [1.82, 2.24) is 9.80 Å². The van der Waals surface area contributed by atoms with Crippen molar-refractivity contribution in [2.24, 2.45) is 0 Å². The van der Waals surface area contributed by atoms with Gasteiger partial charge in [-0.25, -0.2) is 0 Å². The van der Waals surface area contributed by atoms with Crippen LogP contribution in [0.5, 0.6) is 0 Å². The van der Waals surface area contributed by atoms with E-state index in [4.69, 9.17) is 10.00 Å². The summed E-state index contributed by atoms with van der Waals surface area (Å²) in [6.45, 7) is 5.20.